The number of aryl methyl sites for hydroxylation is 2. The van der Waals surface area contributed by atoms with Gasteiger partial charge in [0.2, 0.25) is 5.91 Å². The maximum Gasteiger partial charge on any atom is 0.244 e. The zero-order valence-electron chi connectivity index (χ0n) is 12.6. The molecule has 1 amide bonds. The number of hydrogen-bond acceptors (Lipinski definition) is 1. The zero-order chi connectivity index (χ0) is 15.7. The number of nitrogens with zero attached hydrogens (tertiary/aromatic N) is 1. The molecule has 22 heavy (non-hydrogen) atoms. The summed E-state index contributed by atoms with van der Waals surface area (Å²) in [5.41, 5.74) is 3.12. The number of carbonyl (C=O) groups excluding carboxylic acids is 1. The third-order valence-electron chi connectivity index (χ3n) is 3.72. The van der Waals surface area contributed by atoms with Crippen LogP contribution in [0.2, 0.25) is 0 Å². The second-order valence-corrected chi connectivity index (χ2v) is 5.46. The molecule has 0 radical (unpaired) electrons. The standard InChI is InChI=1S/C18H17FN2O/c1-12-7-8-15(19)16(9-12)20-18(22)11-21-13(2)10-14-5-3-4-6-17(14)21/h3-10H,11H2,1-2H3,(H,20,22). The van der Waals surface area contributed by atoms with Gasteiger partial charge in [-0.05, 0) is 49.1 Å². The van der Waals surface area contributed by atoms with Gasteiger partial charge in [-0.3, -0.25) is 4.79 Å². The molecule has 0 bridgehead atoms. The molecule has 3 nitrogen and oxygen atoms in total. The molecule has 0 spiro atoms. The maximum absolute atomic E-state index is 13.7. The van der Waals surface area contributed by atoms with Crippen molar-refractivity contribution < 1.29 is 9.18 Å². The summed E-state index contributed by atoms with van der Waals surface area (Å²) in [5, 5.41) is 3.74. The molecule has 3 aromatic rings. The first-order valence-electron chi connectivity index (χ1n) is 7.15. The number of carbonyl (C=O) groups is 1. The molecule has 0 saturated heterocycles. The van der Waals surface area contributed by atoms with Crippen molar-refractivity contribution in [1.82, 2.24) is 4.57 Å². The number of amides is 1. The molecule has 1 N–H and O–H groups in total. The summed E-state index contributed by atoms with van der Waals surface area (Å²) in [6, 6.07) is 14.6. The molecule has 0 atom stereocenters. The van der Waals surface area contributed by atoms with Crippen molar-refractivity contribution in [2.45, 2.75) is 20.4 Å². The minimum atomic E-state index is -0.423. The van der Waals surface area contributed by atoms with Crippen molar-refractivity contribution in [3.8, 4) is 0 Å². The van der Waals surface area contributed by atoms with E-state index >= 15 is 0 Å². The summed E-state index contributed by atoms with van der Waals surface area (Å²) in [4.78, 5) is 12.2. The van der Waals surface area contributed by atoms with Gasteiger partial charge in [0.1, 0.15) is 12.4 Å². The normalized spacial score (nSPS) is 10.9. The van der Waals surface area contributed by atoms with Crippen LogP contribution in [0, 0.1) is 19.7 Å². The van der Waals surface area contributed by atoms with Gasteiger partial charge in [0.15, 0.2) is 0 Å². The van der Waals surface area contributed by atoms with Crippen LogP contribution in [0.5, 0.6) is 0 Å². The average Bonchev–Trinajstić information content (AvgIpc) is 2.79. The van der Waals surface area contributed by atoms with Gasteiger partial charge < -0.3 is 9.88 Å². The molecule has 0 saturated carbocycles. The fourth-order valence-electron chi connectivity index (χ4n) is 2.63. The molecule has 1 heterocycles. The highest BCUT2D eigenvalue weighted by atomic mass is 19.1. The van der Waals surface area contributed by atoms with E-state index < -0.39 is 5.82 Å². The van der Waals surface area contributed by atoms with E-state index in [9.17, 15) is 9.18 Å². The fourth-order valence-corrected chi connectivity index (χ4v) is 2.63. The number of halogens is 1. The molecule has 0 fully saturated rings. The minimum Gasteiger partial charge on any atom is -0.335 e. The molecule has 0 unspecified atom stereocenters. The first-order chi connectivity index (χ1) is 10.5. The van der Waals surface area contributed by atoms with Gasteiger partial charge in [-0.15, -0.1) is 0 Å². The van der Waals surface area contributed by atoms with Gasteiger partial charge in [0.05, 0.1) is 5.69 Å². The Hall–Kier alpha value is -2.62. The van der Waals surface area contributed by atoms with E-state index in [1.54, 1.807) is 12.1 Å². The Kier molecular flexibility index (Phi) is 3.67. The molecule has 4 heteroatoms. The summed E-state index contributed by atoms with van der Waals surface area (Å²) < 4.78 is 15.6. The van der Waals surface area contributed by atoms with Crippen LogP contribution < -0.4 is 5.32 Å². The Labute approximate surface area is 128 Å². The fraction of sp³-hybridized carbons (Fsp3) is 0.167. The van der Waals surface area contributed by atoms with Crippen LogP contribution in [-0.2, 0) is 11.3 Å². The molecule has 112 valence electrons. The van der Waals surface area contributed by atoms with Crippen molar-refractivity contribution in [2.75, 3.05) is 5.32 Å². The SMILES string of the molecule is Cc1ccc(F)c(NC(=O)Cn2c(C)cc3ccccc32)c1. The number of fused-ring (bicyclic) bond motifs is 1. The zero-order valence-corrected chi connectivity index (χ0v) is 12.6. The third-order valence-corrected chi connectivity index (χ3v) is 3.72. The highest BCUT2D eigenvalue weighted by molar-refractivity contribution is 5.92. The first kappa shape index (κ1) is 14.3. The number of hydrogen-bond donors (Lipinski definition) is 1. The molecule has 0 aliphatic heterocycles. The van der Waals surface area contributed by atoms with Gasteiger partial charge in [0, 0.05) is 11.2 Å². The van der Waals surface area contributed by atoms with Gasteiger partial charge in [-0.25, -0.2) is 4.39 Å². The van der Waals surface area contributed by atoms with Gasteiger partial charge in [-0.1, -0.05) is 24.3 Å². The molecular formula is C18H17FN2O. The second kappa shape index (κ2) is 5.64. The number of para-hydroxylation sites is 1. The monoisotopic (exact) mass is 296 g/mol. The van der Waals surface area contributed by atoms with Gasteiger partial charge in [-0.2, -0.15) is 0 Å². The maximum atomic E-state index is 13.7. The number of nitrogens with one attached hydrogen (secondary N) is 1. The van der Waals surface area contributed by atoms with Crippen molar-refractivity contribution in [1.29, 1.82) is 0 Å². The lowest BCUT2D eigenvalue weighted by Crippen LogP contribution is -2.20. The van der Waals surface area contributed by atoms with E-state index in [1.807, 2.05) is 48.7 Å². The van der Waals surface area contributed by atoms with Crippen LogP contribution in [0.4, 0.5) is 10.1 Å². The topological polar surface area (TPSA) is 34.0 Å². The largest absolute Gasteiger partial charge is 0.335 e. The summed E-state index contributed by atoms with van der Waals surface area (Å²) >= 11 is 0. The van der Waals surface area contributed by atoms with E-state index in [1.165, 1.54) is 6.07 Å². The molecule has 3 rings (SSSR count). The molecule has 0 aliphatic rings. The predicted octanol–water partition coefficient (Wildman–Crippen LogP) is 4.04. The Morgan fingerprint density at radius 2 is 1.91 bits per heavy atom. The quantitative estimate of drug-likeness (QED) is 0.777. The van der Waals surface area contributed by atoms with E-state index in [0.29, 0.717) is 0 Å². The van der Waals surface area contributed by atoms with Crippen LogP contribution >= 0.6 is 0 Å². The van der Waals surface area contributed by atoms with E-state index in [2.05, 4.69) is 5.32 Å². The Morgan fingerprint density at radius 3 is 2.73 bits per heavy atom. The summed E-state index contributed by atoms with van der Waals surface area (Å²) in [6.45, 7) is 3.98. The van der Waals surface area contributed by atoms with Crippen LogP contribution in [0.25, 0.3) is 10.9 Å². The lowest BCUT2D eigenvalue weighted by molar-refractivity contribution is -0.116. The number of rotatable bonds is 3. The molecule has 1 aromatic heterocycles. The van der Waals surface area contributed by atoms with Crippen molar-refractivity contribution in [2.24, 2.45) is 0 Å². The van der Waals surface area contributed by atoms with Crippen molar-refractivity contribution >= 4 is 22.5 Å². The average molecular weight is 296 g/mol. The third kappa shape index (κ3) is 2.72. The van der Waals surface area contributed by atoms with Gasteiger partial charge in [0.25, 0.3) is 0 Å². The van der Waals surface area contributed by atoms with Crippen molar-refractivity contribution in [3.05, 3.63) is 65.6 Å². The lowest BCUT2D eigenvalue weighted by Gasteiger charge is -2.10. The van der Waals surface area contributed by atoms with E-state index in [0.717, 1.165) is 22.2 Å². The van der Waals surface area contributed by atoms with E-state index in [-0.39, 0.29) is 18.1 Å². The number of aromatic nitrogens is 1. The van der Waals surface area contributed by atoms with Crippen LogP contribution in [0.3, 0.4) is 0 Å². The summed E-state index contributed by atoms with van der Waals surface area (Å²) in [5.74, 6) is -0.665. The highest BCUT2D eigenvalue weighted by Crippen LogP contribution is 2.20. The Morgan fingerprint density at radius 1 is 1.14 bits per heavy atom. The number of benzene rings is 2. The first-order valence-corrected chi connectivity index (χ1v) is 7.15. The Balaban J connectivity index is 1.84. The van der Waals surface area contributed by atoms with E-state index in [4.69, 9.17) is 0 Å². The van der Waals surface area contributed by atoms with Crippen LogP contribution in [0.15, 0.2) is 48.5 Å². The molecular weight excluding hydrogens is 279 g/mol. The van der Waals surface area contributed by atoms with Crippen molar-refractivity contribution in [3.63, 3.8) is 0 Å². The lowest BCUT2D eigenvalue weighted by atomic mass is 10.2. The summed E-state index contributed by atoms with van der Waals surface area (Å²) in [6.07, 6.45) is 0. The second-order valence-electron chi connectivity index (χ2n) is 5.46. The summed E-state index contributed by atoms with van der Waals surface area (Å²) in [7, 11) is 0. The Bertz CT molecular complexity index is 851. The predicted molar refractivity (Wildman–Crippen MR) is 86.4 cm³/mol. The smallest absolute Gasteiger partial charge is 0.244 e. The minimum absolute atomic E-state index is 0.159. The highest BCUT2D eigenvalue weighted by Gasteiger charge is 2.11. The van der Waals surface area contributed by atoms with Gasteiger partial charge >= 0.3 is 0 Å². The van der Waals surface area contributed by atoms with Crippen LogP contribution in [0.1, 0.15) is 11.3 Å². The molecule has 2 aromatic carbocycles. The van der Waals surface area contributed by atoms with Crippen LogP contribution in [-0.4, -0.2) is 10.5 Å². The molecule has 0 aliphatic carbocycles. The number of anilines is 1.